The van der Waals surface area contributed by atoms with Gasteiger partial charge in [0.1, 0.15) is 11.9 Å². The van der Waals surface area contributed by atoms with E-state index in [-0.39, 0.29) is 11.1 Å². The zero-order valence-corrected chi connectivity index (χ0v) is 11.9. The summed E-state index contributed by atoms with van der Waals surface area (Å²) in [4.78, 5) is 24.3. The Balaban J connectivity index is 2.93. The number of aromatic nitrogens is 1. The lowest BCUT2D eigenvalue weighted by Crippen LogP contribution is -2.29. The van der Waals surface area contributed by atoms with Crippen LogP contribution in [0.3, 0.4) is 0 Å². The highest BCUT2D eigenvalue weighted by molar-refractivity contribution is 5.95. The van der Waals surface area contributed by atoms with Gasteiger partial charge in [0.2, 0.25) is 0 Å². The van der Waals surface area contributed by atoms with Gasteiger partial charge in [0.25, 0.3) is 5.56 Å². The van der Waals surface area contributed by atoms with E-state index in [0.29, 0.717) is 16.9 Å². The van der Waals surface area contributed by atoms with Gasteiger partial charge in [-0.1, -0.05) is 0 Å². The van der Waals surface area contributed by atoms with Gasteiger partial charge in [-0.25, -0.2) is 4.39 Å². The fraction of sp³-hybridized carbons (Fsp3) is 0.188. The van der Waals surface area contributed by atoms with E-state index in [1.165, 1.54) is 35.8 Å². The molecule has 0 aliphatic carbocycles. The van der Waals surface area contributed by atoms with Crippen LogP contribution in [0.4, 0.5) is 4.39 Å². The van der Waals surface area contributed by atoms with Crippen molar-refractivity contribution >= 4 is 5.78 Å². The van der Waals surface area contributed by atoms with Crippen LogP contribution in [0.15, 0.2) is 29.1 Å². The molecule has 0 atom stereocenters. The van der Waals surface area contributed by atoms with E-state index in [9.17, 15) is 19.2 Å². The maximum atomic E-state index is 13.0. The third-order valence-corrected chi connectivity index (χ3v) is 3.41. The minimum absolute atomic E-state index is 0.0125. The second-order valence-corrected chi connectivity index (χ2v) is 4.75. The molecule has 0 radical (unpaired) electrons. The number of benzene rings is 1. The summed E-state index contributed by atoms with van der Waals surface area (Å²) in [6.07, 6.45) is 0. The van der Waals surface area contributed by atoms with Crippen LogP contribution in [0.1, 0.15) is 34.1 Å². The molecule has 2 rings (SSSR count). The first-order valence-corrected chi connectivity index (χ1v) is 6.31. The van der Waals surface area contributed by atoms with Crippen LogP contribution in [0.25, 0.3) is 5.69 Å². The topological polar surface area (TPSA) is 62.9 Å². The molecule has 106 valence electrons. The monoisotopic (exact) mass is 284 g/mol. The number of halogens is 1. The summed E-state index contributed by atoms with van der Waals surface area (Å²) in [5, 5.41) is 9.28. The number of hydrogen-bond acceptors (Lipinski definition) is 3. The molecule has 1 aromatic carbocycles. The second-order valence-electron chi connectivity index (χ2n) is 4.75. The number of hydrogen-bond donors (Lipinski definition) is 0. The Labute approximate surface area is 121 Å². The van der Waals surface area contributed by atoms with Gasteiger partial charge in [0.15, 0.2) is 5.78 Å². The SMILES string of the molecule is CC(=O)c1c(C)c(C#N)c(C)n(-c2ccc(F)cc2)c1=O. The normalized spacial score (nSPS) is 10.2. The van der Waals surface area contributed by atoms with Crippen LogP contribution in [-0.4, -0.2) is 10.4 Å². The minimum atomic E-state index is -0.497. The number of ketones is 1. The van der Waals surface area contributed by atoms with E-state index in [1.807, 2.05) is 6.07 Å². The molecule has 0 saturated carbocycles. The van der Waals surface area contributed by atoms with Crippen molar-refractivity contribution < 1.29 is 9.18 Å². The van der Waals surface area contributed by atoms with E-state index in [4.69, 9.17) is 0 Å². The first-order valence-electron chi connectivity index (χ1n) is 6.31. The lowest BCUT2D eigenvalue weighted by molar-refractivity contribution is 0.101. The van der Waals surface area contributed by atoms with Gasteiger partial charge in [0.05, 0.1) is 11.1 Å². The average Bonchev–Trinajstić information content (AvgIpc) is 2.41. The lowest BCUT2D eigenvalue weighted by atomic mass is 10.00. The number of nitrogens with zero attached hydrogens (tertiary/aromatic N) is 2. The van der Waals surface area contributed by atoms with E-state index < -0.39 is 17.2 Å². The van der Waals surface area contributed by atoms with Crippen molar-refractivity contribution in [1.82, 2.24) is 4.57 Å². The van der Waals surface area contributed by atoms with Gasteiger partial charge in [-0.3, -0.25) is 14.2 Å². The number of Topliss-reactive ketones (excluding diaryl/α,β-unsaturated/α-hetero) is 1. The second kappa shape index (κ2) is 5.33. The molecule has 0 aliphatic heterocycles. The quantitative estimate of drug-likeness (QED) is 0.796. The number of nitriles is 1. The summed E-state index contributed by atoms with van der Waals surface area (Å²) in [6, 6.07) is 7.34. The molecule has 0 spiro atoms. The fourth-order valence-corrected chi connectivity index (χ4v) is 2.41. The molecule has 0 bridgehead atoms. The van der Waals surface area contributed by atoms with E-state index in [1.54, 1.807) is 13.8 Å². The Morgan fingerprint density at radius 2 is 1.81 bits per heavy atom. The summed E-state index contributed by atoms with van der Waals surface area (Å²) in [6.45, 7) is 4.49. The predicted molar refractivity (Wildman–Crippen MR) is 76.2 cm³/mol. The summed E-state index contributed by atoms with van der Waals surface area (Å²) >= 11 is 0. The molecule has 4 nitrogen and oxygen atoms in total. The zero-order valence-electron chi connectivity index (χ0n) is 11.9. The molecule has 0 fully saturated rings. The van der Waals surface area contributed by atoms with Gasteiger partial charge in [0, 0.05) is 11.4 Å². The lowest BCUT2D eigenvalue weighted by Gasteiger charge is -2.15. The smallest absolute Gasteiger partial charge is 0.266 e. The van der Waals surface area contributed by atoms with E-state index in [0.717, 1.165) is 0 Å². The van der Waals surface area contributed by atoms with Gasteiger partial charge in [-0.15, -0.1) is 0 Å². The fourth-order valence-electron chi connectivity index (χ4n) is 2.41. The number of rotatable bonds is 2. The van der Waals surface area contributed by atoms with Crippen LogP contribution in [0.5, 0.6) is 0 Å². The molecule has 0 aliphatic rings. The predicted octanol–water partition coefficient (Wildman–Crippen LogP) is 2.67. The highest BCUT2D eigenvalue weighted by Crippen LogP contribution is 2.18. The molecule has 21 heavy (non-hydrogen) atoms. The van der Waals surface area contributed by atoms with Gasteiger partial charge < -0.3 is 0 Å². The maximum Gasteiger partial charge on any atom is 0.266 e. The summed E-state index contributed by atoms with van der Waals surface area (Å²) in [5.74, 6) is -0.825. The highest BCUT2D eigenvalue weighted by atomic mass is 19.1. The van der Waals surface area contributed by atoms with E-state index >= 15 is 0 Å². The molecular weight excluding hydrogens is 271 g/mol. The standard InChI is InChI=1S/C16H13FN2O2/c1-9-14(8-18)10(2)19(16(21)15(9)11(3)20)13-6-4-12(17)5-7-13/h4-7H,1-3H3. The Hall–Kier alpha value is -2.74. The molecule has 0 amide bonds. The van der Waals surface area contributed by atoms with Crippen LogP contribution in [0.2, 0.25) is 0 Å². The van der Waals surface area contributed by atoms with Crippen LogP contribution >= 0.6 is 0 Å². The minimum Gasteiger partial charge on any atom is -0.294 e. The third-order valence-electron chi connectivity index (χ3n) is 3.41. The van der Waals surface area contributed by atoms with Crippen molar-refractivity contribution in [3.8, 4) is 11.8 Å². The number of carbonyl (C=O) groups excluding carboxylic acids is 1. The first-order chi connectivity index (χ1) is 9.88. The first kappa shape index (κ1) is 14.7. The molecule has 5 heteroatoms. The van der Waals surface area contributed by atoms with Crippen LogP contribution in [-0.2, 0) is 0 Å². The van der Waals surface area contributed by atoms with Crippen molar-refractivity contribution in [2.75, 3.05) is 0 Å². The largest absolute Gasteiger partial charge is 0.294 e. The van der Waals surface area contributed by atoms with Gasteiger partial charge in [-0.2, -0.15) is 5.26 Å². The van der Waals surface area contributed by atoms with Crippen molar-refractivity contribution in [3.05, 3.63) is 62.8 Å². The van der Waals surface area contributed by atoms with Crippen molar-refractivity contribution in [2.24, 2.45) is 0 Å². The summed E-state index contributed by atoms with van der Waals surface area (Å²) < 4.78 is 14.3. The molecule has 0 saturated heterocycles. The Bertz CT molecular complexity index is 827. The zero-order chi connectivity index (χ0) is 15.7. The van der Waals surface area contributed by atoms with Gasteiger partial charge in [-0.05, 0) is 50.6 Å². The molecule has 2 aromatic rings. The summed E-state index contributed by atoms with van der Waals surface area (Å²) in [5.41, 5.74) is 0.995. The molecule has 1 heterocycles. The van der Waals surface area contributed by atoms with Crippen LogP contribution < -0.4 is 5.56 Å². The van der Waals surface area contributed by atoms with Crippen molar-refractivity contribution in [3.63, 3.8) is 0 Å². The Kier molecular flexibility index (Phi) is 3.72. The molecule has 1 aromatic heterocycles. The average molecular weight is 284 g/mol. The highest BCUT2D eigenvalue weighted by Gasteiger charge is 2.20. The molecular formula is C16H13FN2O2. The molecule has 0 N–H and O–H groups in total. The number of pyridine rings is 1. The Morgan fingerprint density at radius 1 is 1.24 bits per heavy atom. The molecule has 0 unspecified atom stereocenters. The maximum absolute atomic E-state index is 13.0. The Morgan fingerprint density at radius 3 is 2.29 bits per heavy atom. The van der Waals surface area contributed by atoms with Crippen LogP contribution in [0, 0.1) is 31.0 Å². The third kappa shape index (κ3) is 2.36. The number of carbonyl (C=O) groups is 1. The van der Waals surface area contributed by atoms with Crippen molar-refractivity contribution in [1.29, 1.82) is 5.26 Å². The van der Waals surface area contributed by atoms with Crippen molar-refractivity contribution in [2.45, 2.75) is 20.8 Å². The van der Waals surface area contributed by atoms with E-state index in [2.05, 4.69) is 0 Å². The van der Waals surface area contributed by atoms with Gasteiger partial charge >= 0.3 is 0 Å². The summed E-state index contributed by atoms with van der Waals surface area (Å²) in [7, 11) is 0.